The Kier molecular flexibility index (Phi) is 7.69. The molecule has 0 aliphatic rings. The molecule has 0 unspecified atom stereocenters. The third-order valence-corrected chi connectivity index (χ3v) is 5.66. The number of nitrogens with one attached hydrogen (secondary N) is 2. The number of guanidine groups is 1. The van der Waals surface area contributed by atoms with Crippen molar-refractivity contribution in [2.24, 2.45) is 4.99 Å². The smallest absolute Gasteiger partial charge is 0.191 e. The maximum absolute atomic E-state index is 5.40. The van der Waals surface area contributed by atoms with E-state index in [1.54, 1.807) is 24.7 Å². The van der Waals surface area contributed by atoms with Crippen molar-refractivity contribution in [1.82, 2.24) is 15.6 Å². The molecule has 154 valence electrons. The number of furan rings is 1. The molecule has 0 fully saturated rings. The molecule has 0 saturated carbocycles. The summed E-state index contributed by atoms with van der Waals surface area (Å²) in [6.45, 7) is 6.29. The minimum atomic E-state index is 0.593. The molecule has 1 aromatic carbocycles. The number of thiazole rings is 1. The summed E-state index contributed by atoms with van der Waals surface area (Å²) in [5, 5.41) is 7.96. The van der Waals surface area contributed by atoms with Gasteiger partial charge in [0.1, 0.15) is 11.5 Å². The molecule has 2 aromatic heterocycles. The number of ether oxygens (including phenoxy) is 1. The van der Waals surface area contributed by atoms with Gasteiger partial charge in [0.15, 0.2) is 5.96 Å². The quantitative estimate of drug-likeness (QED) is 0.412. The van der Waals surface area contributed by atoms with Gasteiger partial charge in [0.25, 0.3) is 0 Å². The number of aliphatic imine (C=N–C) groups is 1. The van der Waals surface area contributed by atoms with Crippen LogP contribution in [0.3, 0.4) is 0 Å². The second-order valence-electron chi connectivity index (χ2n) is 6.70. The molecule has 0 amide bonds. The van der Waals surface area contributed by atoms with Crippen molar-refractivity contribution in [3.63, 3.8) is 0 Å². The standard InChI is InChI=1S/C22H28N4O2S/c1-16-17(2)29-21(26-16)11-13-24-22(23-12-10-20-5-4-14-28-20)25-15-18-6-8-19(27-3)9-7-18/h4-9,14H,10-13,15H2,1-3H3,(H2,23,24,25). The third-order valence-electron chi connectivity index (χ3n) is 4.53. The molecule has 0 aliphatic heterocycles. The van der Waals surface area contributed by atoms with E-state index in [0.29, 0.717) is 6.54 Å². The normalized spacial score (nSPS) is 11.5. The number of aryl methyl sites for hydroxylation is 2. The molecular weight excluding hydrogens is 384 g/mol. The van der Waals surface area contributed by atoms with Gasteiger partial charge in [-0.3, -0.25) is 0 Å². The van der Waals surface area contributed by atoms with Crippen molar-refractivity contribution >= 4 is 17.3 Å². The summed E-state index contributed by atoms with van der Waals surface area (Å²) >= 11 is 1.76. The topological polar surface area (TPSA) is 71.7 Å². The number of benzene rings is 1. The number of hydrogen-bond acceptors (Lipinski definition) is 5. The average Bonchev–Trinajstić information content (AvgIpc) is 3.36. The molecule has 0 saturated heterocycles. The molecule has 0 radical (unpaired) electrons. The van der Waals surface area contributed by atoms with Crippen molar-refractivity contribution in [3.8, 4) is 5.75 Å². The van der Waals surface area contributed by atoms with Crippen LogP contribution in [0.1, 0.15) is 26.9 Å². The number of hydrogen-bond donors (Lipinski definition) is 2. The first-order valence-corrected chi connectivity index (χ1v) is 10.6. The highest BCUT2D eigenvalue weighted by Crippen LogP contribution is 2.16. The molecule has 0 bridgehead atoms. The summed E-state index contributed by atoms with van der Waals surface area (Å²) in [4.78, 5) is 10.6. The van der Waals surface area contributed by atoms with Gasteiger partial charge in [0.05, 0.1) is 30.6 Å². The van der Waals surface area contributed by atoms with Crippen LogP contribution in [-0.4, -0.2) is 31.1 Å². The van der Waals surface area contributed by atoms with E-state index in [4.69, 9.17) is 14.1 Å². The monoisotopic (exact) mass is 412 g/mol. The predicted octanol–water partition coefficient (Wildman–Crippen LogP) is 3.88. The van der Waals surface area contributed by atoms with E-state index in [9.17, 15) is 0 Å². The lowest BCUT2D eigenvalue weighted by Crippen LogP contribution is -2.39. The fourth-order valence-corrected chi connectivity index (χ4v) is 3.70. The van der Waals surface area contributed by atoms with Crippen molar-refractivity contribution in [1.29, 1.82) is 0 Å². The highest BCUT2D eigenvalue weighted by Gasteiger charge is 2.05. The summed E-state index contributed by atoms with van der Waals surface area (Å²) in [5.74, 6) is 2.60. The number of aromatic nitrogens is 1. The Labute approximate surface area is 176 Å². The van der Waals surface area contributed by atoms with E-state index in [1.165, 1.54) is 4.88 Å². The van der Waals surface area contributed by atoms with Crippen LogP contribution in [0.15, 0.2) is 52.1 Å². The predicted molar refractivity (Wildman–Crippen MR) is 118 cm³/mol. The lowest BCUT2D eigenvalue weighted by atomic mass is 10.2. The van der Waals surface area contributed by atoms with Gasteiger partial charge in [-0.05, 0) is 43.7 Å². The second-order valence-corrected chi connectivity index (χ2v) is 7.98. The Morgan fingerprint density at radius 3 is 2.48 bits per heavy atom. The minimum absolute atomic E-state index is 0.593. The van der Waals surface area contributed by atoms with Crippen molar-refractivity contribution < 1.29 is 9.15 Å². The first-order chi connectivity index (χ1) is 14.1. The molecular formula is C22H28N4O2S. The molecule has 7 heteroatoms. The zero-order chi connectivity index (χ0) is 20.5. The van der Waals surface area contributed by atoms with Crippen molar-refractivity contribution in [2.45, 2.75) is 33.2 Å². The molecule has 0 spiro atoms. The van der Waals surface area contributed by atoms with E-state index >= 15 is 0 Å². The summed E-state index contributed by atoms with van der Waals surface area (Å²) in [6, 6.07) is 11.9. The third kappa shape index (κ3) is 6.64. The van der Waals surface area contributed by atoms with Gasteiger partial charge in [-0.2, -0.15) is 0 Å². The summed E-state index contributed by atoms with van der Waals surface area (Å²) in [6.07, 6.45) is 3.38. The molecule has 3 aromatic rings. The summed E-state index contributed by atoms with van der Waals surface area (Å²) in [7, 11) is 1.67. The van der Waals surface area contributed by atoms with Gasteiger partial charge >= 0.3 is 0 Å². The highest BCUT2D eigenvalue weighted by molar-refractivity contribution is 7.11. The average molecular weight is 413 g/mol. The summed E-state index contributed by atoms with van der Waals surface area (Å²) in [5.41, 5.74) is 2.25. The Balaban J connectivity index is 1.56. The van der Waals surface area contributed by atoms with E-state index in [1.807, 2.05) is 36.4 Å². The van der Waals surface area contributed by atoms with Crippen LogP contribution in [0.5, 0.6) is 5.75 Å². The SMILES string of the molecule is COc1ccc(CN=C(NCCc2ccco2)NCCc2nc(C)c(C)s2)cc1. The van der Waals surface area contributed by atoms with Gasteiger partial charge in [-0.1, -0.05) is 12.1 Å². The van der Waals surface area contributed by atoms with Crippen LogP contribution >= 0.6 is 11.3 Å². The van der Waals surface area contributed by atoms with Gasteiger partial charge < -0.3 is 19.8 Å². The largest absolute Gasteiger partial charge is 0.497 e. The lowest BCUT2D eigenvalue weighted by molar-refractivity contribution is 0.414. The van der Waals surface area contributed by atoms with Crippen LogP contribution in [-0.2, 0) is 19.4 Å². The molecule has 0 aliphatic carbocycles. The van der Waals surface area contributed by atoms with E-state index < -0.39 is 0 Å². The first-order valence-electron chi connectivity index (χ1n) is 9.74. The summed E-state index contributed by atoms with van der Waals surface area (Å²) < 4.78 is 10.6. The fourth-order valence-electron chi connectivity index (χ4n) is 2.77. The Morgan fingerprint density at radius 2 is 1.86 bits per heavy atom. The highest BCUT2D eigenvalue weighted by atomic mass is 32.1. The van der Waals surface area contributed by atoms with Crippen molar-refractivity contribution in [3.05, 3.63) is 69.6 Å². The van der Waals surface area contributed by atoms with Crippen molar-refractivity contribution in [2.75, 3.05) is 20.2 Å². The Hall–Kier alpha value is -2.80. The van der Waals surface area contributed by atoms with Crippen LogP contribution in [0.2, 0.25) is 0 Å². The number of rotatable bonds is 9. The molecule has 3 rings (SSSR count). The van der Waals surface area contributed by atoms with Crippen LogP contribution in [0.4, 0.5) is 0 Å². The Bertz CT molecular complexity index is 882. The van der Waals surface area contributed by atoms with Gasteiger partial charge in [0, 0.05) is 30.8 Å². The van der Waals surface area contributed by atoms with Gasteiger partial charge in [-0.25, -0.2) is 9.98 Å². The number of methoxy groups -OCH3 is 1. The fraction of sp³-hybridized carbons (Fsp3) is 0.364. The van der Waals surface area contributed by atoms with Gasteiger partial charge in [0.2, 0.25) is 0 Å². The second kappa shape index (κ2) is 10.7. The molecule has 29 heavy (non-hydrogen) atoms. The van der Waals surface area contributed by atoms with Crippen LogP contribution in [0.25, 0.3) is 0 Å². The molecule has 2 N–H and O–H groups in total. The molecule has 0 atom stereocenters. The molecule has 6 nitrogen and oxygen atoms in total. The zero-order valence-corrected chi connectivity index (χ0v) is 18.0. The molecule has 2 heterocycles. The first kappa shape index (κ1) is 20.9. The minimum Gasteiger partial charge on any atom is -0.497 e. The maximum Gasteiger partial charge on any atom is 0.191 e. The Morgan fingerprint density at radius 1 is 1.10 bits per heavy atom. The van der Waals surface area contributed by atoms with Crippen LogP contribution in [0, 0.1) is 13.8 Å². The van der Waals surface area contributed by atoms with E-state index in [2.05, 4.69) is 29.5 Å². The lowest BCUT2D eigenvalue weighted by Gasteiger charge is -2.12. The number of nitrogens with zero attached hydrogens (tertiary/aromatic N) is 2. The zero-order valence-electron chi connectivity index (χ0n) is 17.2. The van der Waals surface area contributed by atoms with E-state index in [-0.39, 0.29) is 0 Å². The van der Waals surface area contributed by atoms with Crippen LogP contribution < -0.4 is 15.4 Å². The van der Waals surface area contributed by atoms with E-state index in [0.717, 1.165) is 59.7 Å². The maximum atomic E-state index is 5.40. The van der Waals surface area contributed by atoms with Gasteiger partial charge in [-0.15, -0.1) is 11.3 Å².